The normalized spacial score (nSPS) is 25.8. The highest BCUT2D eigenvalue weighted by atomic mass is 35.5. The van der Waals surface area contributed by atoms with Gasteiger partial charge in [0.25, 0.3) is 0 Å². The topological polar surface area (TPSA) is 49.5 Å². The Kier molecular flexibility index (Phi) is 3.26. The molecule has 2 rings (SSSR count). The van der Waals surface area contributed by atoms with Gasteiger partial charge in [0, 0.05) is 18.8 Å². The molecule has 4 heteroatoms. The van der Waals surface area contributed by atoms with Crippen molar-refractivity contribution >= 4 is 23.0 Å². The minimum atomic E-state index is -0.276. The van der Waals surface area contributed by atoms with Crippen molar-refractivity contribution in [2.45, 2.75) is 19.4 Å². The van der Waals surface area contributed by atoms with Gasteiger partial charge in [-0.3, -0.25) is 0 Å². The summed E-state index contributed by atoms with van der Waals surface area (Å²) in [5, 5.41) is 10.5. The van der Waals surface area contributed by atoms with Crippen molar-refractivity contribution in [3.8, 4) is 0 Å². The minimum absolute atomic E-state index is 0.276. The number of nitrogen functional groups attached to an aromatic ring is 1. The molecule has 16 heavy (non-hydrogen) atoms. The van der Waals surface area contributed by atoms with E-state index >= 15 is 0 Å². The molecule has 0 aromatic heterocycles. The molecular weight excluding hydrogens is 224 g/mol. The predicted octanol–water partition coefficient (Wildman–Crippen LogP) is 2.13. The summed E-state index contributed by atoms with van der Waals surface area (Å²) >= 11 is 6.14. The van der Waals surface area contributed by atoms with E-state index in [0.717, 1.165) is 18.7 Å². The van der Waals surface area contributed by atoms with Crippen LogP contribution in [0.25, 0.3) is 0 Å². The van der Waals surface area contributed by atoms with E-state index in [0.29, 0.717) is 23.2 Å². The number of hydrogen-bond acceptors (Lipinski definition) is 3. The molecule has 88 valence electrons. The van der Waals surface area contributed by atoms with Crippen LogP contribution < -0.4 is 10.6 Å². The monoisotopic (exact) mass is 240 g/mol. The molecule has 1 aromatic rings. The molecule has 1 heterocycles. The lowest BCUT2D eigenvalue weighted by molar-refractivity contribution is 0.103. The molecule has 0 spiro atoms. The third-order valence-corrected chi connectivity index (χ3v) is 3.53. The SMILES string of the molecule is CC1CCN(c2ccc(N)cc2Cl)CC1O. The second-order valence-corrected chi connectivity index (χ2v) is 4.90. The van der Waals surface area contributed by atoms with Crippen molar-refractivity contribution in [1.29, 1.82) is 0 Å². The Morgan fingerprint density at radius 3 is 2.88 bits per heavy atom. The molecule has 2 atom stereocenters. The van der Waals surface area contributed by atoms with Crippen molar-refractivity contribution in [1.82, 2.24) is 0 Å². The second kappa shape index (κ2) is 4.52. The van der Waals surface area contributed by atoms with Crippen LogP contribution >= 0.6 is 11.6 Å². The lowest BCUT2D eigenvalue weighted by Crippen LogP contribution is -2.43. The summed E-state index contributed by atoms with van der Waals surface area (Å²) in [6, 6.07) is 5.51. The zero-order valence-corrected chi connectivity index (χ0v) is 10.1. The predicted molar refractivity (Wildman–Crippen MR) is 67.9 cm³/mol. The molecule has 3 nitrogen and oxygen atoms in total. The molecule has 0 radical (unpaired) electrons. The van der Waals surface area contributed by atoms with Crippen LogP contribution in [0.4, 0.5) is 11.4 Å². The quantitative estimate of drug-likeness (QED) is 0.740. The molecule has 1 aliphatic heterocycles. The molecule has 1 aromatic carbocycles. The number of piperidine rings is 1. The smallest absolute Gasteiger partial charge is 0.0741 e. The second-order valence-electron chi connectivity index (χ2n) is 4.49. The number of aliphatic hydroxyl groups is 1. The lowest BCUT2D eigenvalue weighted by atomic mass is 9.95. The van der Waals surface area contributed by atoms with E-state index in [2.05, 4.69) is 11.8 Å². The van der Waals surface area contributed by atoms with Crippen LogP contribution in [-0.2, 0) is 0 Å². The summed E-state index contributed by atoms with van der Waals surface area (Å²) in [7, 11) is 0. The zero-order valence-electron chi connectivity index (χ0n) is 9.36. The first kappa shape index (κ1) is 11.6. The van der Waals surface area contributed by atoms with E-state index in [1.54, 1.807) is 6.07 Å². The summed E-state index contributed by atoms with van der Waals surface area (Å²) in [5.74, 6) is 0.365. The van der Waals surface area contributed by atoms with Gasteiger partial charge in [-0.05, 0) is 30.5 Å². The van der Waals surface area contributed by atoms with Gasteiger partial charge in [-0.2, -0.15) is 0 Å². The van der Waals surface area contributed by atoms with E-state index in [4.69, 9.17) is 17.3 Å². The Morgan fingerprint density at radius 2 is 2.25 bits per heavy atom. The maximum absolute atomic E-state index is 9.85. The van der Waals surface area contributed by atoms with Crippen LogP contribution in [0, 0.1) is 5.92 Å². The van der Waals surface area contributed by atoms with Crippen molar-refractivity contribution in [3.63, 3.8) is 0 Å². The number of β-amino-alcohol motifs (C(OH)–C–C–N with tert-alkyl or cyclic N) is 1. The highest BCUT2D eigenvalue weighted by Crippen LogP contribution is 2.31. The molecule has 0 amide bonds. The first-order valence-corrected chi connectivity index (χ1v) is 5.94. The van der Waals surface area contributed by atoms with Gasteiger partial charge in [-0.1, -0.05) is 18.5 Å². The first-order valence-electron chi connectivity index (χ1n) is 5.56. The van der Waals surface area contributed by atoms with E-state index < -0.39 is 0 Å². The molecule has 1 aliphatic rings. The fraction of sp³-hybridized carbons (Fsp3) is 0.500. The average molecular weight is 241 g/mol. The summed E-state index contributed by atoms with van der Waals surface area (Å²) < 4.78 is 0. The number of rotatable bonds is 1. The standard InChI is InChI=1S/C12H17ClN2O/c1-8-4-5-15(7-12(8)16)11-3-2-9(14)6-10(11)13/h2-3,6,8,12,16H,4-5,7,14H2,1H3. The van der Waals surface area contributed by atoms with Crippen molar-refractivity contribution in [3.05, 3.63) is 23.2 Å². The minimum Gasteiger partial charge on any atom is -0.399 e. The Bertz CT molecular complexity index is 383. The number of nitrogens with two attached hydrogens (primary N) is 1. The molecule has 3 N–H and O–H groups in total. The van der Waals surface area contributed by atoms with Crippen molar-refractivity contribution in [2.24, 2.45) is 5.92 Å². The van der Waals surface area contributed by atoms with Gasteiger partial charge in [0.1, 0.15) is 0 Å². The van der Waals surface area contributed by atoms with Crippen molar-refractivity contribution < 1.29 is 5.11 Å². The van der Waals surface area contributed by atoms with E-state index in [9.17, 15) is 5.11 Å². The number of halogens is 1. The Morgan fingerprint density at radius 1 is 1.50 bits per heavy atom. The van der Waals surface area contributed by atoms with Gasteiger partial charge in [0.2, 0.25) is 0 Å². The average Bonchev–Trinajstić information content (AvgIpc) is 2.22. The number of anilines is 2. The number of nitrogens with zero attached hydrogens (tertiary/aromatic N) is 1. The number of hydrogen-bond donors (Lipinski definition) is 2. The highest BCUT2D eigenvalue weighted by Gasteiger charge is 2.25. The lowest BCUT2D eigenvalue weighted by Gasteiger charge is -2.36. The van der Waals surface area contributed by atoms with Crippen LogP contribution in [0.5, 0.6) is 0 Å². The Hall–Kier alpha value is -0.930. The molecule has 2 unspecified atom stereocenters. The largest absolute Gasteiger partial charge is 0.399 e. The summed E-state index contributed by atoms with van der Waals surface area (Å²) in [6.07, 6.45) is 0.712. The van der Waals surface area contributed by atoms with Crippen LogP contribution in [0.15, 0.2) is 18.2 Å². The molecule has 1 saturated heterocycles. The molecule has 0 aliphatic carbocycles. The van der Waals surface area contributed by atoms with Gasteiger partial charge in [0.15, 0.2) is 0 Å². The van der Waals surface area contributed by atoms with E-state index in [-0.39, 0.29) is 6.10 Å². The van der Waals surface area contributed by atoms with Crippen LogP contribution in [0.1, 0.15) is 13.3 Å². The van der Waals surface area contributed by atoms with E-state index in [1.807, 2.05) is 12.1 Å². The van der Waals surface area contributed by atoms with Gasteiger partial charge < -0.3 is 15.7 Å². The maximum atomic E-state index is 9.85. The van der Waals surface area contributed by atoms with Gasteiger partial charge in [0.05, 0.1) is 16.8 Å². The third-order valence-electron chi connectivity index (χ3n) is 3.23. The third kappa shape index (κ3) is 2.25. The van der Waals surface area contributed by atoms with Gasteiger partial charge in [-0.15, -0.1) is 0 Å². The Labute approximate surface area is 101 Å². The maximum Gasteiger partial charge on any atom is 0.0741 e. The van der Waals surface area contributed by atoms with Crippen molar-refractivity contribution in [2.75, 3.05) is 23.7 Å². The van der Waals surface area contributed by atoms with Crippen LogP contribution in [0.3, 0.4) is 0 Å². The highest BCUT2D eigenvalue weighted by molar-refractivity contribution is 6.33. The summed E-state index contributed by atoms with van der Waals surface area (Å²) in [5.41, 5.74) is 7.28. The van der Waals surface area contributed by atoms with Gasteiger partial charge >= 0.3 is 0 Å². The Balaban J connectivity index is 2.18. The summed E-state index contributed by atoms with van der Waals surface area (Å²) in [6.45, 7) is 3.65. The van der Waals surface area contributed by atoms with Gasteiger partial charge in [-0.25, -0.2) is 0 Å². The van der Waals surface area contributed by atoms with Crippen LogP contribution in [-0.4, -0.2) is 24.3 Å². The molecule has 0 saturated carbocycles. The number of aliphatic hydroxyl groups excluding tert-OH is 1. The van der Waals surface area contributed by atoms with E-state index in [1.165, 1.54) is 0 Å². The molecular formula is C12H17ClN2O. The molecule has 1 fully saturated rings. The fourth-order valence-corrected chi connectivity index (χ4v) is 2.36. The van der Waals surface area contributed by atoms with Crippen LogP contribution in [0.2, 0.25) is 5.02 Å². The first-order chi connectivity index (χ1) is 7.58. The fourth-order valence-electron chi connectivity index (χ4n) is 2.05. The number of benzene rings is 1. The summed E-state index contributed by atoms with van der Waals surface area (Å²) in [4.78, 5) is 2.12. The zero-order chi connectivity index (χ0) is 11.7. The molecule has 0 bridgehead atoms.